The van der Waals surface area contributed by atoms with E-state index in [1.54, 1.807) is 6.20 Å². The van der Waals surface area contributed by atoms with Crippen LogP contribution < -0.4 is 10.8 Å². The van der Waals surface area contributed by atoms with Crippen molar-refractivity contribution >= 4 is 11.8 Å². The van der Waals surface area contributed by atoms with E-state index < -0.39 is 5.97 Å². The molecular weight excluding hydrogens is 374 g/mol. The van der Waals surface area contributed by atoms with Crippen LogP contribution in [0.5, 0.6) is 0 Å². The Hall–Kier alpha value is -1.46. The lowest BCUT2D eigenvalue weighted by Crippen LogP contribution is -2.55. The van der Waals surface area contributed by atoms with E-state index in [1.165, 1.54) is 70.6 Å². The molecule has 0 bridgehead atoms. The van der Waals surface area contributed by atoms with Crippen LogP contribution in [0.4, 0.5) is 0 Å². The van der Waals surface area contributed by atoms with Crippen molar-refractivity contribution in [3.05, 3.63) is 24.6 Å². The van der Waals surface area contributed by atoms with Crippen LogP contribution in [0.3, 0.4) is 0 Å². The van der Waals surface area contributed by atoms with Crippen molar-refractivity contribution in [2.45, 2.75) is 103 Å². The minimum absolute atomic E-state index is 0.0732. The number of amidine groups is 1. The number of aliphatic imine (C=N–C) groups is 1. The maximum absolute atomic E-state index is 11.1. The highest BCUT2D eigenvalue weighted by Crippen LogP contribution is 2.21. The molecule has 1 unspecified atom stereocenters. The van der Waals surface area contributed by atoms with Crippen molar-refractivity contribution in [1.29, 1.82) is 0 Å². The van der Waals surface area contributed by atoms with Crippen molar-refractivity contribution in [3.63, 3.8) is 0 Å². The van der Waals surface area contributed by atoms with Gasteiger partial charge in [-0.25, -0.2) is 9.48 Å². The smallest absolute Gasteiger partial charge is 0.207 e. The molecule has 5 heteroatoms. The average molecular weight is 420 g/mol. The van der Waals surface area contributed by atoms with Crippen LogP contribution in [0.15, 0.2) is 29.5 Å². The average Bonchev–Trinajstić information content (AvgIpc) is 3.09. The number of carboxylic acid groups (broad SMARTS) is 1. The number of aliphatic carboxylic acids is 1. The molecule has 1 aliphatic rings. The highest BCUT2D eigenvalue weighted by molar-refractivity contribution is 5.80. The molecule has 0 amide bonds. The lowest BCUT2D eigenvalue weighted by Gasteiger charge is -2.32. The molecule has 0 aromatic carbocycles. The zero-order valence-corrected chi connectivity index (χ0v) is 19.3. The first-order valence-corrected chi connectivity index (χ1v) is 12.3. The molecule has 1 atom stereocenters. The van der Waals surface area contributed by atoms with Gasteiger partial charge in [0.05, 0.1) is 12.2 Å². The molecule has 2 N–H and O–H groups in total. The van der Waals surface area contributed by atoms with Crippen LogP contribution in [-0.2, 0) is 4.79 Å². The summed E-state index contributed by atoms with van der Waals surface area (Å²) in [5.41, 5.74) is 5.70. The molecule has 0 radical (unpaired) electrons. The number of hydrogen-bond donors (Lipinski definition) is 1. The van der Waals surface area contributed by atoms with Gasteiger partial charge in [-0.15, -0.1) is 0 Å². The fourth-order valence-electron chi connectivity index (χ4n) is 4.15. The molecule has 0 fully saturated rings. The summed E-state index contributed by atoms with van der Waals surface area (Å²) in [5.74, 6) is -0.142. The van der Waals surface area contributed by atoms with Crippen LogP contribution in [0.25, 0.3) is 0 Å². The molecular formula is C25H45N3O2. The predicted molar refractivity (Wildman–Crippen MR) is 125 cm³/mol. The number of rotatable bonds is 20. The van der Waals surface area contributed by atoms with E-state index in [0.717, 1.165) is 31.5 Å². The summed E-state index contributed by atoms with van der Waals surface area (Å²) < 4.78 is 0.236. The number of carbonyl (C=O) groups is 1. The van der Waals surface area contributed by atoms with Crippen LogP contribution >= 0.6 is 0 Å². The number of carbonyl (C=O) groups excluding carboxylic acids is 1. The molecule has 1 rings (SSSR count). The Morgan fingerprint density at radius 3 is 2.10 bits per heavy atom. The lowest BCUT2D eigenvalue weighted by molar-refractivity contribution is -0.780. The molecule has 1 heterocycles. The van der Waals surface area contributed by atoms with Crippen molar-refractivity contribution in [2.75, 3.05) is 19.6 Å². The molecule has 0 aromatic heterocycles. The molecule has 0 aliphatic carbocycles. The number of hydrogen-bond acceptors (Lipinski definition) is 4. The van der Waals surface area contributed by atoms with Gasteiger partial charge in [0.25, 0.3) is 0 Å². The third-order valence-electron chi connectivity index (χ3n) is 5.94. The second-order valence-electron chi connectivity index (χ2n) is 8.61. The number of nitrogens with two attached hydrogens (primary N) is 1. The van der Waals surface area contributed by atoms with Gasteiger partial charge in [0, 0.05) is 13.0 Å². The summed E-state index contributed by atoms with van der Waals surface area (Å²) in [7, 11) is 0. The largest absolute Gasteiger partial charge is 0.544 e. The van der Waals surface area contributed by atoms with Gasteiger partial charge in [-0.05, 0) is 32.1 Å². The second-order valence-corrected chi connectivity index (χ2v) is 8.61. The molecule has 30 heavy (non-hydrogen) atoms. The molecule has 1 aliphatic heterocycles. The molecule has 172 valence electrons. The van der Waals surface area contributed by atoms with E-state index in [4.69, 9.17) is 5.73 Å². The Kier molecular flexibility index (Phi) is 15.3. The quantitative estimate of drug-likeness (QED) is 0.174. The van der Waals surface area contributed by atoms with Crippen molar-refractivity contribution in [1.82, 2.24) is 0 Å². The van der Waals surface area contributed by atoms with Gasteiger partial charge in [0.15, 0.2) is 0 Å². The van der Waals surface area contributed by atoms with E-state index in [-0.39, 0.29) is 11.0 Å². The number of allylic oxidation sites excluding steroid dienone is 2. The third kappa shape index (κ3) is 11.7. The monoisotopic (exact) mass is 419 g/mol. The minimum atomic E-state index is -1.05. The molecule has 0 saturated carbocycles. The van der Waals surface area contributed by atoms with Gasteiger partial charge in [-0.3, -0.25) is 0 Å². The standard InChI is InChI=1S/C25H45N3O2/c1-2-3-4-5-6-7-8-9-10-11-12-13-14-15-16-17-18-24-27-20-22-28(24,21-19-26)23-25(29)30/h11-12,20,22H,2-10,13-19,21,23,26H2,1H3/b12-11+. The summed E-state index contributed by atoms with van der Waals surface area (Å²) in [6.07, 6.45) is 27.1. The topological polar surface area (TPSA) is 78.5 Å². The summed E-state index contributed by atoms with van der Waals surface area (Å²) in [6, 6.07) is 0. The van der Waals surface area contributed by atoms with Gasteiger partial charge in [0.2, 0.25) is 5.84 Å². The van der Waals surface area contributed by atoms with Crippen LogP contribution in [0, 0.1) is 0 Å². The molecule has 0 saturated heterocycles. The fourth-order valence-corrected chi connectivity index (χ4v) is 4.15. The maximum Gasteiger partial charge on any atom is 0.207 e. The van der Waals surface area contributed by atoms with Crippen molar-refractivity contribution < 1.29 is 14.4 Å². The van der Waals surface area contributed by atoms with Gasteiger partial charge < -0.3 is 15.6 Å². The first-order valence-electron chi connectivity index (χ1n) is 12.3. The third-order valence-corrected chi connectivity index (χ3v) is 5.94. The Balaban J connectivity index is 2.01. The highest BCUT2D eigenvalue weighted by Gasteiger charge is 2.34. The normalized spacial score (nSPS) is 18.4. The van der Waals surface area contributed by atoms with E-state index in [1.807, 2.05) is 6.20 Å². The number of nitrogens with zero attached hydrogens (tertiary/aromatic N) is 2. The Labute approximate surface area is 184 Å². The zero-order valence-electron chi connectivity index (χ0n) is 19.3. The Bertz CT molecular complexity index is 543. The molecule has 5 nitrogen and oxygen atoms in total. The highest BCUT2D eigenvalue weighted by atomic mass is 16.4. The lowest BCUT2D eigenvalue weighted by atomic mass is 10.1. The summed E-state index contributed by atoms with van der Waals surface area (Å²) in [4.78, 5) is 15.6. The second kappa shape index (κ2) is 17.2. The van der Waals surface area contributed by atoms with Crippen molar-refractivity contribution in [3.8, 4) is 0 Å². The Morgan fingerprint density at radius 2 is 1.53 bits per heavy atom. The van der Waals surface area contributed by atoms with Gasteiger partial charge >= 0.3 is 0 Å². The van der Waals surface area contributed by atoms with E-state index in [2.05, 4.69) is 24.1 Å². The summed E-state index contributed by atoms with van der Waals surface area (Å²) in [6.45, 7) is 3.19. The van der Waals surface area contributed by atoms with Gasteiger partial charge in [-0.2, -0.15) is 0 Å². The van der Waals surface area contributed by atoms with Gasteiger partial charge in [-0.1, -0.05) is 76.9 Å². The van der Waals surface area contributed by atoms with Crippen molar-refractivity contribution in [2.24, 2.45) is 10.7 Å². The summed E-state index contributed by atoms with van der Waals surface area (Å²) in [5, 5.41) is 11.1. The molecule has 0 spiro atoms. The first kappa shape index (κ1) is 26.6. The number of unbranched alkanes of at least 4 members (excludes halogenated alkanes) is 12. The van der Waals surface area contributed by atoms with Crippen LogP contribution in [0.2, 0.25) is 0 Å². The first-order chi connectivity index (χ1) is 14.6. The molecule has 0 aromatic rings. The SMILES string of the molecule is CCCCCCCCCC/C=C/CCCCCCC1=NC=C[N+]1(CCN)CC(=O)[O-]. The Morgan fingerprint density at radius 1 is 0.967 bits per heavy atom. The van der Waals surface area contributed by atoms with E-state index in [9.17, 15) is 9.90 Å². The van der Waals surface area contributed by atoms with Crippen LogP contribution in [-0.4, -0.2) is 35.9 Å². The van der Waals surface area contributed by atoms with E-state index >= 15 is 0 Å². The number of quaternary nitrogens is 1. The van der Waals surface area contributed by atoms with E-state index in [0.29, 0.717) is 13.1 Å². The minimum Gasteiger partial charge on any atom is -0.544 e. The van der Waals surface area contributed by atoms with Gasteiger partial charge in [0.1, 0.15) is 19.3 Å². The number of carboxylic acids is 1. The predicted octanol–water partition coefficient (Wildman–Crippen LogP) is 4.82. The zero-order chi connectivity index (χ0) is 21.9. The van der Waals surface area contributed by atoms with Crippen LogP contribution in [0.1, 0.15) is 103 Å². The maximum atomic E-state index is 11.1. The fraction of sp³-hybridized carbons (Fsp3) is 0.760. The summed E-state index contributed by atoms with van der Waals surface area (Å²) >= 11 is 0.